The second-order valence-electron chi connectivity index (χ2n) is 15.8. The van der Waals surface area contributed by atoms with E-state index in [-0.39, 0.29) is 51.4 Å². The molecule has 0 saturated carbocycles. The van der Waals surface area contributed by atoms with Gasteiger partial charge in [-0.25, -0.2) is 0 Å². The molecule has 3 aliphatic rings. The van der Waals surface area contributed by atoms with Crippen molar-refractivity contribution < 1.29 is 77.9 Å². The average molecular weight is 881 g/mol. The molecule has 0 amide bonds. The van der Waals surface area contributed by atoms with E-state index in [4.69, 9.17) is 26.6 Å². The molecule has 9 heteroatoms. The molecule has 6 nitrogen and oxygen atoms in total. The van der Waals surface area contributed by atoms with Crippen LogP contribution in [-0.2, 0) is 0 Å². The molecule has 63 heavy (non-hydrogen) atoms. The van der Waals surface area contributed by atoms with E-state index in [1.54, 1.807) is 0 Å². The van der Waals surface area contributed by atoms with Gasteiger partial charge in [-0.2, -0.15) is 0 Å². The first-order valence-electron chi connectivity index (χ1n) is 20.7. The maximum atomic E-state index is 6.66. The first-order valence-corrected chi connectivity index (χ1v) is 24.9. The normalized spacial score (nSPS) is 16.3. The number of hydrogen-bond acceptors (Lipinski definition) is 6. The molecular weight excluding hydrogens is 843 g/mol. The molecule has 3 heterocycles. The van der Waals surface area contributed by atoms with Gasteiger partial charge in [0.1, 0.15) is 28.5 Å². The SMILES string of the molecule is [K+].c1ccc([P+](c2ccccc2)(c2ccccc2)c2ccccc2)cc1.c1ccc2cc3c(cc2c1)O[Si-2]12(O3)(Oc3cc4ccccc4cc3O1)Oc1cc3ccccc3cc1O2. The molecule has 13 rings (SSSR count). The van der Waals surface area contributed by atoms with Gasteiger partial charge in [-0.3, -0.25) is 0 Å². The predicted octanol–water partition coefficient (Wildman–Crippen LogP) is 8.51. The third-order valence-electron chi connectivity index (χ3n) is 11.9. The van der Waals surface area contributed by atoms with Crippen LogP contribution in [0.4, 0.5) is 0 Å². The van der Waals surface area contributed by atoms with Gasteiger partial charge in [0.2, 0.25) is 0 Å². The quantitative estimate of drug-likeness (QED) is 0.131. The summed E-state index contributed by atoms with van der Waals surface area (Å²) >= 11 is 0. The van der Waals surface area contributed by atoms with Gasteiger partial charge in [-0.1, -0.05) is 72.8 Å². The van der Waals surface area contributed by atoms with E-state index in [1.165, 1.54) is 21.2 Å². The fourth-order valence-corrected chi connectivity index (χ4v) is 17.8. The summed E-state index contributed by atoms with van der Waals surface area (Å²) in [6, 6.07) is 79.1. The van der Waals surface area contributed by atoms with Crippen LogP contribution < -0.4 is 99.2 Å². The van der Waals surface area contributed by atoms with Crippen molar-refractivity contribution in [1.29, 1.82) is 0 Å². The molecule has 0 fully saturated rings. The van der Waals surface area contributed by atoms with Gasteiger partial charge in [0.25, 0.3) is 0 Å². The zero-order chi connectivity index (χ0) is 41.3. The Kier molecular flexibility index (Phi) is 9.39. The maximum absolute atomic E-state index is 6.66. The molecule has 0 radical (unpaired) electrons. The Morgan fingerprint density at radius 3 is 0.603 bits per heavy atom. The van der Waals surface area contributed by atoms with Crippen molar-refractivity contribution in [1.82, 2.24) is 0 Å². The minimum atomic E-state index is -6.20. The van der Waals surface area contributed by atoms with Crippen molar-refractivity contribution in [2.75, 3.05) is 0 Å². The Bertz CT molecular complexity index is 2820. The van der Waals surface area contributed by atoms with Gasteiger partial charge in [0.15, 0.2) is 0 Å². The average Bonchev–Trinajstić information content (AvgIpc) is 3.88. The Balaban J connectivity index is 0.000000150. The van der Waals surface area contributed by atoms with Crippen molar-refractivity contribution >= 4 is 68.9 Å². The van der Waals surface area contributed by atoms with Crippen molar-refractivity contribution in [3.8, 4) is 34.5 Å². The Morgan fingerprint density at radius 1 is 0.238 bits per heavy atom. The second kappa shape index (κ2) is 14.8. The zero-order valence-electron chi connectivity index (χ0n) is 34.3. The summed E-state index contributed by atoms with van der Waals surface area (Å²) in [6.07, 6.45) is 0. The van der Waals surface area contributed by atoms with Crippen LogP contribution in [0.25, 0.3) is 32.3 Å². The molecule has 0 atom stereocenters. The first-order chi connectivity index (χ1) is 30.5. The van der Waals surface area contributed by atoms with Crippen molar-refractivity contribution in [2.24, 2.45) is 0 Å². The summed E-state index contributed by atoms with van der Waals surface area (Å²) in [4.78, 5) is 0. The summed E-state index contributed by atoms with van der Waals surface area (Å²) in [6.45, 7) is 0. The molecule has 10 aromatic carbocycles. The van der Waals surface area contributed by atoms with E-state index in [1.807, 2.05) is 109 Å². The predicted molar refractivity (Wildman–Crippen MR) is 253 cm³/mol. The Hall–Kier alpha value is -5.94. The molecule has 0 unspecified atom stereocenters. The van der Waals surface area contributed by atoms with E-state index in [0.717, 1.165) is 32.3 Å². The third-order valence-corrected chi connectivity index (χ3v) is 20.0. The van der Waals surface area contributed by atoms with Crippen molar-refractivity contribution in [2.45, 2.75) is 0 Å². The molecule has 1 spiro atoms. The van der Waals surface area contributed by atoms with Crippen LogP contribution in [0.15, 0.2) is 231 Å². The number of fused-ring (bicyclic) bond motifs is 6. The Morgan fingerprint density at radius 2 is 0.413 bits per heavy atom. The van der Waals surface area contributed by atoms with Gasteiger partial charge in [0, 0.05) is 0 Å². The van der Waals surface area contributed by atoms with Gasteiger partial charge in [-0.15, -0.1) is 0 Å². The summed E-state index contributed by atoms with van der Waals surface area (Å²) in [7, 11) is -8.11. The van der Waals surface area contributed by atoms with E-state index < -0.39 is 15.4 Å². The zero-order valence-corrected chi connectivity index (χ0v) is 39.4. The molecule has 0 saturated heterocycles. The summed E-state index contributed by atoms with van der Waals surface area (Å²) < 4.78 is 40.0. The minimum absolute atomic E-state index is 0. The molecule has 300 valence electrons. The van der Waals surface area contributed by atoms with Crippen LogP contribution in [0, 0.1) is 0 Å². The number of hydrogen-bond donors (Lipinski definition) is 0. The molecule has 0 aliphatic carbocycles. The van der Waals surface area contributed by atoms with Gasteiger partial charge in [0.05, 0.1) is 0 Å². The number of rotatable bonds is 4. The summed E-state index contributed by atoms with van der Waals surface area (Å²) in [5, 5.41) is 11.4. The molecule has 10 aromatic rings. The molecule has 0 aromatic heterocycles. The van der Waals surface area contributed by atoms with Gasteiger partial charge >= 0.3 is 262 Å². The van der Waals surface area contributed by atoms with E-state index in [9.17, 15) is 0 Å². The molecule has 0 bridgehead atoms. The van der Waals surface area contributed by atoms with E-state index in [2.05, 4.69) is 121 Å². The third kappa shape index (κ3) is 6.32. The van der Waals surface area contributed by atoms with Crippen LogP contribution in [-0.4, -0.2) is 8.09 Å². The van der Waals surface area contributed by atoms with Gasteiger partial charge in [-0.05, 0) is 48.5 Å². The van der Waals surface area contributed by atoms with E-state index >= 15 is 0 Å². The van der Waals surface area contributed by atoms with Crippen LogP contribution in [0.5, 0.6) is 34.5 Å². The second-order valence-corrected chi connectivity index (χ2v) is 22.9. The molecular formula is C54H38KO6PSi. The first kappa shape index (κ1) is 39.9. The monoisotopic (exact) mass is 880 g/mol. The summed E-state index contributed by atoms with van der Waals surface area (Å²) in [5.41, 5.74) is 0. The fourth-order valence-electron chi connectivity index (χ4n) is 9.23. The summed E-state index contributed by atoms with van der Waals surface area (Å²) in [5.74, 6) is 2.57. The van der Waals surface area contributed by atoms with Crippen LogP contribution in [0.1, 0.15) is 0 Å². The van der Waals surface area contributed by atoms with Crippen LogP contribution in [0.3, 0.4) is 0 Å². The van der Waals surface area contributed by atoms with E-state index in [0.29, 0.717) is 34.5 Å². The van der Waals surface area contributed by atoms with Crippen LogP contribution in [0.2, 0.25) is 0 Å². The van der Waals surface area contributed by atoms with Crippen LogP contribution >= 0.6 is 7.26 Å². The molecule has 3 aliphatic heterocycles. The number of benzene rings is 10. The standard InChI is InChI=1S/C30H18O6Si.C24H20P.K/c1-2-8-20-14-26-25(13-19(20)7-1)31-37(32-26,33-27-15-21-9-3-4-10-22(21)16-28(27)34-37)35-29-17-23-11-5-6-12-24(23)18-30(29)36-37;1-5-13-21(14-6-1)25(22-15-7-2-8-16-22,23-17-9-3-10-18-23)24-19-11-4-12-20-24;/h1-18H;1-20H;/q-2;2*+1. The topological polar surface area (TPSA) is 55.4 Å². The Labute approximate surface area is 407 Å². The van der Waals surface area contributed by atoms with Gasteiger partial charge < -0.3 is 0 Å². The van der Waals surface area contributed by atoms with Crippen molar-refractivity contribution in [3.05, 3.63) is 231 Å². The van der Waals surface area contributed by atoms with Crippen molar-refractivity contribution in [3.63, 3.8) is 0 Å². The fraction of sp³-hybridized carbons (Fsp3) is 0. The molecule has 0 N–H and O–H groups in total.